The zero-order valence-corrected chi connectivity index (χ0v) is 20.5. The number of hydrazine groups is 1. The SMILES string of the molecule is NN/C(=C\NC1C(O)[C@@H](Sc2cncc(Br)c2)OC(CO[PH+]=O)[C@@H]1O)c1cc(F)c(F)c(F)c1. The van der Waals surface area contributed by atoms with Gasteiger partial charge in [0, 0.05) is 33.5 Å². The summed E-state index contributed by atoms with van der Waals surface area (Å²) in [7, 11) is -1.09. The number of halogens is 4. The van der Waals surface area contributed by atoms with Crippen LogP contribution in [0, 0.1) is 17.5 Å². The highest BCUT2D eigenvalue weighted by Crippen LogP contribution is 2.34. The van der Waals surface area contributed by atoms with Gasteiger partial charge in [-0.25, -0.2) is 13.2 Å². The number of nitrogens with two attached hydrogens (primary N) is 1. The second kappa shape index (κ2) is 12.3. The molecule has 1 aliphatic rings. The summed E-state index contributed by atoms with van der Waals surface area (Å²) < 4.78 is 62.7. The van der Waals surface area contributed by atoms with Gasteiger partial charge in [0.2, 0.25) is 0 Å². The molecule has 0 radical (unpaired) electrons. The van der Waals surface area contributed by atoms with Crippen LogP contribution in [0.3, 0.4) is 0 Å². The van der Waals surface area contributed by atoms with Crippen LogP contribution in [-0.4, -0.2) is 51.6 Å². The number of aliphatic hydroxyl groups is 2. The minimum Gasteiger partial charge on any atom is -0.388 e. The fourth-order valence-electron chi connectivity index (χ4n) is 3.17. The van der Waals surface area contributed by atoms with E-state index in [0.717, 1.165) is 23.9 Å². The molecule has 1 aliphatic heterocycles. The Hall–Kier alpha value is -1.77. The Morgan fingerprint density at radius 3 is 2.59 bits per heavy atom. The molecule has 15 heteroatoms. The molecule has 6 atom stereocenters. The van der Waals surface area contributed by atoms with Crippen molar-refractivity contribution in [1.29, 1.82) is 0 Å². The largest absolute Gasteiger partial charge is 0.494 e. The van der Waals surface area contributed by atoms with Crippen LogP contribution >= 0.6 is 36.4 Å². The minimum atomic E-state index is -1.63. The van der Waals surface area contributed by atoms with E-state index < -0.39 is 55.9 Å². The third-order valence-corrected chi connectivity index (χ3v) is 6.65. The second-order valence-corrected chi connectivity index (χ2v) is 9.57. The highest BCUT2D eigenvalue weighted by molar-refractivity contribution is 9.10. The lowest BCUT2D eigenvalue weighted by Gasteiger charge is -2.42. The van der Waals surface area contributed by atoms with Gasteiger partial charge in [0.1, 0.15) is 30.4 Å². The number of nitrogens with zero attached hydrogens (tertiary/aromatic N) is 1. The molecular formula is C19H20BrF3N4O5PS+. The second-order valence-electron chi connectivity index (χ2n) is 7.02. The molecule has 9 nitrogen and oxygen atoms in total. The Bertz CT molecular complexity index is 1040. The fourth-order valence-corrected chi connectivity index (χ4v) is 5.02. The number of thioether (sulfide) groups is 1. The molecular weight excluding hydrogens is 564 g/mol. The predicted octanol–water partition coefficient (Wildman–Crippen LogP) is 2.18. The zero-order valence-electron chi connectivity index (χ0n) is 17.1. The summed E-state index contributed by atoms with van der Waals surface area (Å²) in [5.41, 5.74) is 1.13. The number of aromatic nitrogens is 1. The van der Waals surface area contributed by atoms with E-state index >= 15 is 0 Å². The van der Waals surface area contributed by atoms with Crippen molar-refractivity contribution in [2.24, 2.45) is 5.84 Å². The molecule has 3 rings (SSSR count). The van der Waals surface area contributed by atoms with Crippen LogP contribution in [0.2, 0.25) is 0 Å². The molecule has 6 N–H and O–H groups in total. The maximum Gasteiger partial charge on any atom is 0.494 e. The van der Waals surface area contributed by atoms with Gasteiger partial charge in [0.25, 0.3) is 0 Å². The third kappa shape index (κ3) is 6.46. The van der Waals surface area contributed by atoms with E-state index in [0.29, 0.717) is 9.37 Å². The quantitative estimate of drug-likeness (QED) is 0.129. The van der Waals surface area contributed by atoms with Crippen molar-refractivity contribution in [3.05, 3.63) is 64.3 Å². The average molecular weight is 584 g/mol. The Balaban J connectivity index is 1.86. The van der Waals surface area contributed by atoms with Gasteiger partial charge in [0.15, 0.2) is 17.5 Å². The molecule has 0 bridgehead atoms. The maximum absolute atomic E-state index is 13.6. The van der Waals surface area contributed by atoms with Crippen LogP contribution in [-0.2, 0) is 13.8 Å². The van der Waals surface area contributed by atoms with Gasteiger partial charge in [0.05, 0.1) is 11.7 Å². The van der Waals surface area contributed by atoms with Gasteiger partial charge in [-0.15, -0.1) is 4.52 Å². The van der Waals surface area contributed by atoms with Gasteiger partial charge >= 0.3 is 8.69 Å². The summed E-state index contributed by atoms with van der Waals surface area (Å²) in [5, 5.41) is 24.4. The van der Waals surface area contributed by atoms with Crippen molar-refractivity contribution in [1.82, 2.24) is 15.7 Å². The molecule has 1 aromatic carbocycles. The number of pyridine rings is 1. The van der Waals surface area contributed by atoms with Crippen LogP contribution in [0.1, 0.15) is 5.56 Å². The number of benzene rings is 1. The maximum atomic E-state index is 13.6. The van der Waals surface area contributed by atoms with Crippen molar-refractivity contribution < 1.29 is 37.2 Å². The first-order chi connectivity index (χ1) is 16.2. The van der Waals surface area contributed by atoms with Crippen molar-refractivity contribution in [2.45, 2.75) is 34.7 Å². The molecule has 0 amide bonds. The van der Waals surface area contributed by atoms with Gasteiger partial charge in [-0.3, -0.25) is 10.8 Å². The Kier molecular flexibility index (Phi) is 9.68. The monoisotopic (exact) mass is 583 g/mol. The van der Waals surface area contributed by atoms with E-state index in [2.05, 4.69) is 31.7 Å². The van der Waals surface area contributed by atoms with Crippen molar-refractivity contribution in [2.75, 3.05) is 6.61 Å². The van der Waals surface area contributed by atoms with Crippen molar-refractivity contribution >= 4 is 42.1 Å². The number of hydrogen-bond donors (Lipinski definition) is 5. The topological polar surface area (TPSA) is 139 Å². The van der Waals surface area contributed by atoms with E-state index in [9.17, 15) is 27.9 Å². The molecule has 184 valence electrons. The van der Waals surface area contributed by atoms with Gasteiger partial charge in [-0.05, 0) is 38.7 Å². The van der Waals surface area contributed by atoms with Crippen LogP contribution in [0.15, 0.2) is 46.2 Å². The average Bonchev–Trinajstić information content (AvgIpc) is 2.80. The number of rotatable bonds is 9. The molecule has 34 heavy (non-hydrogen) atoms. The minimum absolute atomic E-state index is 0.0575. The van der Waals surface area contributed by atoms with Gasteiger partial charge < -0.3 is 25.7 Å². The Morgan fingerprint density at radius 1 is 1.26 bits per heavy atom. The summed E-state index contributed by atoms with van der Waals surface area (Å²) in [6, 6.07) is 2.13. The Morgan fingerprint density at radius 2 is 1.97 bits per heavy atom. The van der Waals surface area contributed by atoms with Gasteiger partial charge in [-0.1, -0.05) is 11.8 Å². The highest BCUT2D eigenvalue weighted by Gasteiger charge is 2.45. The predicted molar refractivity (Wildman–Crippen MR) is 122 cm³/mol. The van der Waals surface area contributed by atoms with Gasteiger partial charge in [-0.2, -0.15) is 0 Å². The van der Waals surface area contributed by atoms with Crippen LogP contribution in [0.5, 0.6) is 0 Å². The third-order valence-electron chi connectivity index (χ3n) is 4.81. The standard InChI is InChI=1S/C19H20BrF3N4O5PS/c20-9-3-10(5-25-4-9)34-19-18(29)16(17(28)14(32-19)7-31-33-30)26-6-13(27-24)8-1-11(21)15(23)12(22)2-8/h1-6,14,16-19,26-29,33H,7,24H2/q+1/b13-6-/t14?,16?,17-,18?,19+/m0/s1. The lowest BCUT2D eigenvalue weighted by atomic mass is 9.97. The number of ether oxygens (including phenoxy) is 1. The van der Waals surface area contributed by atoms with E-state index in [-0.39, 0.29) is 17.9 Å². The van der Waals surface area contributed by atoms with Crippen LogP contribution < -0.4 is 16.6 Å². The number of hydrogen-bond acceptors (Lipinski definition) is 10. The molecule has 1 aromatic heterocycles. The van der Waals surface area contributed by atoms with Crippen molar-refractivity contribution in [3.8, 4) is 0 Å². The molecule has 0 spiro atoms. The summed E-state index contributed by atoms with van der Waals surface area (Å²) in [6.07, 6.45) is 0.669. The van der Waals surface area contributed by atoms with E-state index in [1.54, 1.807) is 18.5 Å². The lowest BCUT2D eigenvalue weighted by Crippen LogP contribution is -2.62. The lowest BCUT2D eigenvalue weighted by molar-refractivity contribution is -0.161. The smallest absolute Gasteiger partial charge is 0.388 e. The first kappa shape index (κ1) is 26.8. The summed E-state index contributed by atoms with van der Waals surface area (Å²) >= 11 is 4.43. The summed E-state index contributed by atoms with van der Waals surface area (Å²) in [5.74, 6) is 0.978. The molecule has 2 heterocycles. The summed E-state index contributed by atoms with van der Waals surface area (Å²) in [4.78, 5) is 4.70. The fraction of sp³-hybridized carbons (Fsp3) is 0.316. The first-order valence-electron chi connectivity index (χ1n) is 9.60. The number of aliphatic hydroxyl groups excluding tert-OH is 2. The van der Waals surface area contributed by atoms with Crippen LogP contribution in [0.25, 0.3) is 5.70 Å². The summed E-state index contributed by atoms with van der Waals surface area (Å²) in [6.45, 7) is -0.234. The molecule has 2 aromatic rings. The first-order valence-corrected chi connectivity index (χ1v) is 12.1. The highest BCUT2D eigenvalue weighted by atomic mass is 79.9. The van der Waals surface area contributed by atoms with E-state index in [1.165, 1.54) is 6.20 Å². The zero-order chi connectivity index (χ0) is 24.8. The van der Waals surface area contributed by atoms with E-state index in [4.69, 9.17) is 15.1 Å². The molecule has 1 saturated heterocycles. The number of nitrogens with one attached hydrogen (secondary N) is 2. The normalized spacial score (nSPS) is 25.4. The Labute approximate surface area is 206 Å². The van der Waals surface area contributed by atoms with E-state index in [1.807, 2.05) is 0 Å². The molecule has 1 fully saturated rings. The van der Waals surface area contributed by atoms with Crippen molar-refractivity contribution in [3.63, 3.8) is 0 Å². The molecule has 0 aliphatic carbocycles. The van der Waals surface area contributed by atoms with Crippen LogP contribution in [0.4, 0.5) is 13.2 Å². The molecule has 0 saturated carbocycles. The molecule has 4 unspecified atom stereocenters.